The Labute approximate surface area is 114 Å². The van der Waals surface area contributed by atoms with Gasteiger partial charge in [0, 0.05) is 11.3 Å². The summed E-state index contributed by atoms with van der Waals surface area (Å²) >= 11 is 0. The Morgan fingerprint density at radius 3 is 2.42 bits per heavy atom. The van der Waals surface area contributed by atoms with Gasteiger partial charge in [0.15, 0.2) is 5.78 Å². The van der Waals surface area contributed by atoms with Crippen LogP contribution in [0.5, 0.6) is 0 Å². The van der Waals surface area contributed by atoms with Gasteiger partial charge in [-0.05, 0) is 36.8 Å². The van der Waals surface area contributed by atoms with E-state index in [4.69, 9.17) is 0 Å². The average molecular weight is 268 g/mol. The van der Waals surface area contributed by atoms with Crippen molar-refractivity contribution in [3.8, 4) is 0 Å². The Bertz CT molecular complexity index is 439. The molecule has 0 saturated heterocycles. The minimum Gasteiger partial charge on any atom is -0.393 e. The van der Waals surface area contributed by atoms with Crippen LogP contribution in [0, 0.1) is 16.7 Å². The van der Waals surface area contributed by atoms with Crippen LogP contribution in [0.1, 0.15) is 40.5 Å². The van der Waals surface area contributed by atoms with E-state index in [-0.39, 0.29) is 11.7 Å². The number of carbonyl (C=O) groups is 1. The van der Waals surface area contributed by atoms with Crippen LogP contribution < -0.4 is 0 Å². The molecule has 0 heterocycles. The van der Waals surface area contributed by atoms with Gasteiger partial charge in [0.1, 0.15) is 5.60 Å². The standard InChI is InChI=1S/C15H24O4/c1-9-5-11(18)12-13(2,3)6-10(17)7-14(12,4)15(9,19)8-16/h5,10,12,16-17,19H,6-8H2,1-4H3/t10-,12+,14-,15-/m0/s1. The summed E-state index contributed by atoms with van der Waals surface area (Å²) in [6.07, 6.45) is 1.76. The summed E-state index contributed by atoms with van der Waals surface area (Å²) in [5.41, 5.74) is -2.18. The fraction of sp³-hybridized carbons (Fsp3) is 0.800. The normalized spacial score (nSPS) is 45.6. The van der Waals surface area contributed by atoms with Gasteiger partial charge in [-0.25, -0.2) is 0 Å². The topological polar surface area (TPSA) is 77.8 Å². The predicted octanol–water partition coefficient (Wildman–Crippen LogP) is 1.04. The molecule has 4 nitrogen and oxygen atoms in total. The molecular weight excluding hydrogens is 244 g/mol. The highest BCUT2D eigenvalue weighted by Gasteiger charge is 2.63. The Kier molecular flexibility index (Phi) is 3.20. The van der Waals surface area contributed by atoms with Gasteiger partial charge in [0.05, 0.1) is 12.7 Å². The highest BCUT2D eigenvalue weighted by Crippen LogP contribution is 2.59. The molecule has 2 aliphatic rings. The summed E-state index contributed by atoms with van der Waals surface area (Å²) < 4.78 is 0. The number of hydrogen-bond donors (Lipinski definition) is 3. The zero-order valence-corrected chi connectivity index (χ0v) is 12.1. The van der Waals surface area contributed by atoms with E-state index in [0.717, 1.165) is 0 Å². The van der Waals surface area contributed by atoms with Crippen LogP contribution in [0.3, 0.4) is 0 Å². The van der Waals surface area contributed by atoms with Gasteiger partial charge in [-0.15, -0.1) is 0 Å². The Balaban J connectivity index is 2.64. The van der Waals surface area contributed by atoms with E-state index in [1.54, 1.807) is 6.92 Å². The number of rotatable bonds is 1. The molecule has 0 aromatic rings. The minimum absolute atomic E-state index is 0.00461. The van der Waals surface area contributed by atoms with Crippen molar-refractivity contribution in [2.45, 2.75) is 52.2 Å². The molecule has 1 saturated carbocycles. The van der Waals surface area contributed by atoms with Crippen LogP contribution >= 0.6 is 0 Å². The molecule has 108 valence electrons. The fourth-order valence-corrected chi connectivity index (χ4v) is 4.55. The third-order valence-corrected chi connectivity index (χ3v) is 5.31. The fourth-order valence-electron chi connectivity index (χ4n) is 4.55. The molecule has 0 aromatic heterocycles. The van der Waals surface area contributed by atoms with Crippen molar-refractivity contribution in [1.82, 2.24) is 0 Å². The van der Waals surface area contributed by atoms with Gasteiger partial charge in [-0.2, -0.15) is 0 Å². The second kappa shape index (κ2) is 4.14. The predicted molar refractivity (Wildman–Crippen MR) is 71.4 cm³/mol. The summed E-state index contributed by atoms with van der Waals surface area (Å²) in [6, 6.07) is 0. The number of hydrogen-bond acceptors (Lipinski definition) is 4. The molecule has 4 atom stereocenters. The lowest BCUT2D eigenvalue weighted by molar-refractivity contribution is -0.186. The van der Waals surface area contributed by atoms with Gasteiger partial charge in [0.2, 0.25) is 0 Å². The largest absolute Gasteiger partial charge is 0.393 e. The third-order valence-electron chi connectivity index (χ3n) is 5.31. The Morgan fingerprint density at radius 2 is 1.89 bits per heavy atom. The molecule has 2 aliphatic carbocycles. The van der Waals surface area contributed by atoms with Crippen LogP contribution in [0.2, 0.25) is 0 Å². The zero-order valence-electron chi connectivity index (χ0n) is 12.1. The summed E-state index contributed by atoms with van der Waals surface area (Å²) in [5, 5.41) is 30.7. The van der Waals surface area contributed by atoms with Crippen molar-refractivity contribution in [2.75, 3.05) is 6.61 Å². The van der Waals surface area contributed by atoms with E-state index in [1.165, 1.54) is 6.08 Å². The molecule has 0 unspecified atom stereocenters. The number of allylic oxidation sites excluding steroid dienone is 1. The zero-order chi connectivity index (χ0) is 14.6. The van der Waals surface area contributed by atoms with Crippen molar-refractivity contribution in [3.63, 3.8) is 0 Å². The van der Waals surface area contributed by atoms with Gasteiger partial charge in [-0.1, -0.05) is 20.8 Å². The van der Waals surface area contributed by atoms with Crippen LogP contribution in [0.4, 0.5) is 0 Å². The molecule has 2 rings (SSSR count). The number of aliphatic hydroxyl groups excluding tert-OH is 2. The van der Waals surface area contributed by atoms with Gasteiger partial charge in [-0.3, -0.25) is 4.79 Å². The van der Waals surface area contributed by atoms with E-state index in [9.17, 15) is 20.1 Å². The lowest BCUT2D eigenvalue weighted by Crippen LogP contribution is -2.65. The van der Waals surface area contributed by atoms with E-state index < -0.39 is 29.1 Å². The van der Waals surface area contributed by atoms with Crippen LogP contribution in [-0.2, 0) is 4.79 Å². The SMILES string of the molecule is CC1=CC(=O)[C@@H]2C(C)(C)C[C@H](O)C[C@]2(C)[C@]1(O)CO. The molecule has 0 aliphatic heterocycles. The monoisotopic (exact) mass is 268 g/mol. The number of fused-ring (bicyclic) bond motifs is 1. The number of aliphatic hydroxyl groups is 3. The summed E-state index contributed by atoms with van der Waals surface area (Å²) in [5.74, 6) is -0.390. The number of ketones is 1. The molecule has 1 fully saturated rings. The molecule has 0 aromatic carbocycles. The van der Waals surface area contributed by atoms with E-state index in [1.807, 2.05) is 20.8 Å². The lowest BCUT2D eigenvalue weighted by Gasteiger charge is -2.59. The van der Waals surface area contributed by atoms with Crippen LogP contribution in [-0.4, -0.2) is 39.4 Å². The van der Waals surface area contributed by atoms with Crippen LogP contribution in [0.15, 0.2) is 11.6 Å². The van der Waals surface area contributed by atoms with Crippen molar-refractivity contribution >= 4 is 5.78 Å². The maximum atomic E-state index is 12.4. The van der Waals surface area contributed by atoms with Gasteiger partial charge in [0.25, 0.3) is 0 Å². The summed E-state index contributed by atoms with van der Waals surface area (Å²) in [7, 11) is 0. The molecule has 3 N–H and O–H groups in total. The van der Waals surface area contributed by atoms with E-state index >= 15 is 0 Å². The average Bonchev–Trinajstić information content (AvgIpc) is 2.22. The van der Waals surface area contributed by atoms with Crippen LogP contribution in [0.25, 0.3) is 0 Å². The van der Waals surface area contributed by atoms with Gasteiger partial charge < -0.3 is 15.3 Å². The smallest absolute Gasteiger partial charge is 0.160 e. The second-order valence-corrected chi connectivity index (χ2v) is 7.15. The second-order valence-electron chi connectivity index (χ2n) is 7.15. The van der Waals surface area contributed by atoms with E-state index in [2.05, 4.69) is 0 Å². The molecule has 0 amide bonds. The molecule has 19 heavy (non-hydrogen) atoms. The first-order chi connectivity index (χ1) is 8.58. The van der Waals surface area contributed by atoms with Gasteiger partial charge >= 0.3 is 0 Å². The van der Waals surface area contributed by atoms with Crippen molar-refractivity contribution in [3.05, 3.63) is 11.6 Å². The number of carbonyl (C=O) groups excluding carboxylic acids is 1. The Morgan fingerprint density at radius 1 is 1.32 bits per heavy atom. The first kappa shape index (κ1) is 14.7. The van der Waals surface area contributed by atoms with E-state index in [0.29, 0.717) is 18.4 Å². The van der Waals surface area contributed by atoms with Crippen molar-refractivity contribution < 1.29 is 20.1 Å². The maximum absolute atomic E-state index is 12.4. The molecule has 0 bridgehead atoms. The molecule has 4 heteroatoms. The first-order valence-electron chi connectivity index (χ1n) is 6.82. The minimum atomic E-state index is -1.44. The molecule has 0 spiro atoms. The summed E-state index contributed by atoms with van der Waals surface area (Å²) in [6.45, 7) is 6.94. The first-order valence-corrected chi connectivity index (χ1v) is 6.82. The summed E-state index contributed by atoms with van der Waals surface area (Å²) in [4.78, 5) is 12.4. The quantitative estimate of drug-likeness (QED) is 0.664. The molecular formula is C15H24O4. The third kappa shape index (κ3) is 1.81. The Hall–Kier alpha value is -0.710. The highest BCUT2D eigenvalue weighted by molar-refractivity contribution is 5.95. The molecule has 0 radical (unpaired) electrons. The van der Waals surface area contributed by atoms with Crippen molar-refractivity contribution in [2.24, 2.45) is 16.7 Å². The highest BCUT2D eigenvalue weighted by atomic mass is 16.3. The lowest BCUT2D eigenvalue weighted by atomic mass is 9.46. The van der Waals surface area contributed by atoms with Crippen molar-refractivity contribution in [1.29, 1.82) is 0 Å². The maximum Gasteiger partial charge on any atom is 0.160 e.